The zero-order valence-electron chi connectivity index (χ0n) is 15.7. The van der Waals surface area contributed by atoms with E-state index in [1.54, 1.807) is 14.2 Å². The van der Waals surface area contributed by atoms with E-state index in [1.165, 1.54) is 25.7 Å². The molecule has 6 heteroatoms. The van der Waals surface area contributed by atoms with E-state index in [0.29, 0.717) is 5.41 Å². The Morgan fingerprint density at radius 2 is 2.00 bits per heavy atom. The Kier molecular flexibility index (Phi) is 6.82. The number of aliphatic imine (C=N–C) groups is 1. The van der Waals surface area contributed by atoms with Crippen LogP contribution in [0.25, 0.3) is 0 Å². The molecule has 0 heterocycles. The molecule has 0 atom stereocenters. The maximum Gasteiger partial charge on any atom is 0.193 e. The van der Waals surface area contributed by atoms with E-state index >= 15 is 0 Å². The molecule has 2 aliphatic carbocycles. The minimum Gasteiger partial charge on any atom is -0.497 e. The van der Waals surface area contributed by atoms with E-state index in [9.17, 15) is 0 Å². The molecule has 0 aromatic heterocycles. The molecule has 0 radical (unpaired) electrons. The van der Waals surface area contributed by atoms with Crippen molar-refractivity contribution in [3.05, 3.63) is 23.8 Å². The van der Waals surface area contributed by atoms with Crippen molar-refractivity contribution in [1.82, 2.24) is 10.2 Å². The third kappa shape index (κ3) is 4.71. The standard InChI is InChI=1S/C19H29N3O2.HI/c1-20-18(21-13-19(9-10-19)15-6-7-15)22(2)12-14-5-8-16(23-3)11-17(14)24-4;/h5,8,11,15H,6-7,9-10,12-13H2,1-4H3,(H,20,21);1H. The Balaban J connectivity index is 0.00000225. The monoisotopic (exact) mass is 459 g/mol. The maximum absolute atomic E-state index is 5.50. The molecule has 0 spiro atoms. The summed E-state index contributed by atoms with van der Waals surface area (Å²) in [6.07, 6.45) is 5.58. The van der Waals surface area contributed by atoms with E-state index in [0.717, 1.165) is 42.0 Å². The average molecular weight is 459 g/mol. The first-order chi connectivity index (χ1) is 11.6. The first-order valence-corrected chi connectivity index (χ1v) is 8.74. The number of guanidine groups is 1. The van der Waals surface area contributed by atoms with E-state index in [4.69, 9.17) is 9.47 Å². The van der Waals surface area contributed by atoms with E-state index in [1.807, 2.05) is 25.2 Å². The summed E-state index contributed by atoms with van der Waals surface area (Å²) in [6, 6.07) is 5.94. The Bertz CT molecular complexity index is 613. The van der Waals surface area contributed by atoms with E-state index < -0.39 is 0 Å². The normalized spacial score (nSPS) is 18.2. The second-order valence-electron chi connectivity index (χ2n) is 7.07. The molecule has 2 fully saturated rings. The quantitative estimate of drug-likeness (QED) is 0.385. The molecule has 0 aliphatic heterocycles. The fourth-order valence-electron chi connectivity index (χ4n) is 3.54. The number of hydrogen-bond donors (Lipinski definition) is 1. The largest absolute Gasteiger partial charge is 0.497 e. The second kappa shape index (κ2) is 8.47. The molecule has 25 heavy (non-hydrogen) atoms. The Morgan fingerprint density at radius 3 is 2.52 bits per heavy atom. The maximum atomic E-state index is 5.50. The van der Waals surface area contributed by atoms with Gasteiger partial charge in [-0.15, -0.1) is 24.0 Å². The van der Waals surface area contributed by atoms with Gasteiger partial charge < -0.3 is 19.7 Å². The van der Waals surface area contributed by atoms with Gasteiger partial charge in [0, 0.05) is 38.8 Å². The van der Waals surface area contributed by atoms with Crippen LogP contribution in [0.4, 0.5) is 0 Å². The molecule has 1 aromatic rings. The van der Waals surface area contributed by atoms with Crippen molar-refractivity contribution in [3.8, 4) is 11.5 Å². The number of methoxy groups -OCH3 is 2. The first kappa shape index (κ1) is 20.1. The third-order valence-corrected chi connectivity index (χ3v) is 5.41. The fourth-order valence-corrected chi connectivity index (χ4v) is 3.54. The zero-order chi connectivity index (χ0) is 17.2. The lowest BCUT2D eigenvalue weighted by Gasteiger charge is -2.25. The highest BCUT2D eigenvalue weighted by molar-refractivity contribution is 14.0. The molecule has 0 amide bonds. The van der Waals surface area contributed by atoms with Crippen LogP contribution in [-0.4, -0.2) is 45.7 Å². The number of halogens is 1. The van der Waals surface area contributed by atoms with Crippen LogP contribution in [0.1, 0.15) is 31.2 Å². The van der Waals surface area contributed by atoms with Gasteiger partial charge in [0.15, 0.2) is 5.96 Å². The van der Waals surface area contributed by atoms with Gasteiger partial charge in [0.2, 0.25) is 0 Å². The molecule has 1 N–H and O–H groups in total. The second-order valence-corrected chi connectivity index (χ2v) is 7.07. The van der Waals surface area contributed by atoms with Gasteiger partial charge in [-0.3, -0.25) is 4.99 Å². The van der Waals surface area contributed by atoms with Crippen LogP contribution >= 0.6 is 24.0 Å². The molecule has 2 aliphatic rings. The lowest BCUT2D eigenvalue weighted by Crippen LogP contribution is -2.41. The summed E-state index contributed by atoms with van der Waals surface area (Å²) in [5.41, 5.74) is 1.68. The van der Waals surface area contributed by atoms with Gasteiger partial charge in [0.25, 0.3) is 0 Å². The van der Waals surface area contributed by atoms with Crippen LogP contribution in [0.5, 0.6) is 11.5 Å². The number of benzene rings is 1. The van der Waals surface area contributed by atoms with Crippen LogP contribution in [0, 0.1) is 11.3 Å². The first-order valence-electron chi connectivity index (χ1n) is 8.74. The van der Waals surface area contributed by atoms with Crippen LogP contribution < -0.4 is 14.8 Å². The molecular weight excluding hydrogens is 429 g/mol. The highest BCUT2D eigenvalue weighted by Gasteiger charge is 2.53. The average Bonchev–Trinajstić information content (AvgIpc) is 3.48. The summed E-state index contributed by atoms with van der Waals surface area (Å²) in [4.78, 5) is 6.60. The number of nitrogens with one attached hydrogen (secondary N) is 1. The Labute approximate surface area is 168 Å². The molecule has 1 aromatic carbocycles. The van der Waals surface area contributed by atoms with Gasteiger partial charge in [0.05, 0.1) is 14.2 Å². The molecule has 2 saturated carbocycles. The molecule has 0 unspecified atom stereocenters. The molecule has 140 valence electrons. The van der Waals surface area contributed by atoms with Gasteiger partial charge in [-0.25, -0.2) is 0 Å². The van der Waals surface area contributed by atoms with Crippen molar-refractivity contribution in [1.29, 1.82) is 0 Å². The number of rotatable bonds is 7. The lowest BCUT2D eigenvalue weighted by atomic mass is 10.0. The van der Waals surface area contributed by atoms with Crippen molar-refractivity contribution in [2.45, 2.75) is 32.2 Å². The fraction of sp³-hybridized carbons (Fsp3) is 0.632. The Hall–Kier alpha value is -1.18. The van der Waals surface area contributed by atoms with Crippen LogP contribution in [0.2, 0.25) is 0 Å². The third-order valence-electron chi connectivity index (χ3n) is 5.41. The van der Waals surface area contributed by atoms with Crippen molar-refractivity contribution >= 4 is 29.9 Å². The summed E-state index contributed by atoms with van der Waals surface area (Å²) in [7, 11) is 7.27. The van der Waals surface area contributed by atoms with Crippen LogP contribution in [0.15, 0.2) is 23.2 Å². The summed E-state index contributed by atoms with van der Waals surface area (Å²) >= 11 is 0. The molecule has 0 saturated heterocycles. The van der Waals surface area contributed by atoms with Crippen molar-refractivity contribution in [2.24, 2.45) is 16.3 Å². The molecule has 0 bridgehead atoms. The van der Waals surface area contributed by atoms with Crippen molar-refractivity contribution < 1.29 is 9.47 Å². The number of ether oxygens (including phenoxy) is 2. The minimum atomic E-state index is 0. The predicted molar refractivity (Wildman–Crippen MR) is 112 cm³/mol. The zero-order valence-corrected chi connectivity index (χ0v) is 18.0. The van der Waals surface area contributed by atoms with Crippen molar-refractivity contribution in [3.63, 3.8) is 0 Å². The van der Waals surface area contributed by atoms with Gasteiger partial charge in [-0.05, 0) is 49.1 Å². The minimum absolute atomic E-state index is 0. The van der Waals surface area contributed by atoms with Crippen LogP contribution in [-0.2, 0) is 6.54 Å². The van der Waals surface area contributed by atoms with Crippen molar-refractivity contribution in [2.75, 3.05) is 34.9 Å². The summed E-state index contributed by atoms with van der Waals surface area (Å²) in [6.45, 7) is 1.79. The van der Waals surface area contributed by atoms with Gasteiger partial charge in [-0.1, -0.05) is 0 Å². The van der Waals surface area contributed by atoms with Gasteiger partial charge in [0.1, 0.15) is 11.5 Å². The topological polar surface area (TPSA) is 46.1 Å². The summed E-state index contributed by atoms with van der Waals surface area (Å²) < 4.78 is 10.8. The van der Waals surface area contributed by atoms with E-state index in [-0.39, 0.29) is 24.0 Å². The number of nitrogens with zero attached hydrogens (tertiary/aromatic N) is 2. The van der Waals surface area contributed by atoms with Gasteiger partial charge >= 0.3 is 0 Å². The Morgan fingerprint density at radius 1 is 1.28 bits per heavy atom. The number of hydrogen-bond acceptors (Lipinski definition) is 3. The molecule has 3 rings (SSSR count). The highest BCUT2D eigenvalue weighted by Crippen LogP contribution is 2.60. The molecule has 5 nitrogen and oxygen atoms in total. The van der Waals surface area contributed by atoms with Crippen LogP contribution in [0.3, 0.4) is 0 Å². The summed E-state index contributed by atoms with van der Waals surface area (Å²) in [5, 5.41) is 3.58. The SMILES string of the molecule is CN=C(NCC1(C2CC2)CC1)N(C)Cc1ccc(OC)cc1OC.I. The smallest absolute Gasteiger partial charge is 0.193 e. The predicted octanol–water partition coefficient (Wildman–Crippen LogP) is 3.52. The lowest BCUT2D eigenvalue weighted by molar-refractivity contribution is 0.379. The molecular formula is C19H30IN3O2. The summed E-state index contributed by atoms with van der Waals surface area (Å²) in [5.74, 6) is 3.55. The van der Waals surface area contributed by atoms with E-state index in [2.05, 4.69) is 22.3 Å². The van der Waals surface area contributed by atoms with Gasteiger partial charge in [-0.2, -0.15) is 0 Å². The highest BCUT2D eigenvalue weighted by atomic mass is 127.